The van der Waals surface area contributed by atoms with Crippen molar-refractivity contribution >= 4 is 17.3 Å². The monoisotopic (exact) mass is 407 g/mol. The van der Waals surface area contributed by atoms with E-state index < -0.39 is 4.92 Å². The van der Waals surface area contributed by atoms with Crippen molar-refractivity contribution in [2.24, 2.45) is 5.92 Å². The van der Waals surface area contributed by atoms with E-state index in [2.05, 4.69) is 10.1 Å². The van der Waals surface area contributed by atoms with Crippen LogP contribution in [0.15, 0.2) is 55.1 Å². The van der Waals surface area contributed by atoms with Gasteiger partial charge in [-0.2, -0.15) is 5.10 Å². The number of nitro benzene ring substituents is 1. The minimum absolute atomic E-state index is 0.0278. The Morgan fingerprint density at radius 1 is 1.27 bits per heavy atom. The molecular weight excluding hydrogens is 386 g/mol. The molecule has 1 atom stereocenters. The Morgan fingerprint density at radius 3 is 2.57 bits per heavy atom. The van der Waals surface area contributed by atoms with Crippen LogP contribution < -0.4 is 9.64 Å². The van der Waals surface area contributed by atoms with E-state index in [1.54, 1.807) is 30.2 Å². The Balaban J connectivity index is 1.73. The fourth-order valence-electron chi connectivity index (χ4n) is 3.54. The quantitative estimate of drug-likeness (QED) is 0.438. The van der Waals surface area contributed by atoms with Crippen LogP contribution in [0.1, 0.15) is 30.1 Å². The van der Waals surface area contributed by atoms with E-state index in [0.717, 1.165) is 18.5 Å². The summed E-state index contributed by atoms with van der Waals surface area (Å²) in [5.41, 5.74) is 1.01. The SMILES string of the molecule is COc1ccc(N(C(=O)c2ccc(-n3cncn3)c([N+](=O)[O-])c2)C(C)C2CC2)cc1. The normalized spacial score (nSPS) is 14.2. The lowest BCUT2D eigenvalue weighted by atomic mass is 10.1. The number of ether oxygens (including phenoxy) is 1. The molecule has 0 spiro atoms. The Bertz CT molecular complexity index is 1060. The van der Waals surface area contributed by atoms with Crippen LogP contribution in [-0.4, -0.2) is 38.7 Å². The summed E-state index contributed by atoms with van der Waals surface area (Å²) < 4.78 is 6.52. The summed E-state index contributed by atoms with van der Waals surface area (Å²) in [5.74, 6) is 0.825. The first-order chi connectivity index (χ1) is 14.5. The number of aromatic nitrogens is 3. The van der Waals surface area contributed by atoms with E-state index in [9.17, 15) is 14.9 Å². The van der Waals surface area contributed by atoms with Gasteiger partial charge in [0.1, 0.15) is 24.1 Å². The fourth-order valence-corrected chi connectivity index (χ4v) is 3.54. The van der Waals surface area contributed by atoms with Crippen LogP contribution in [0.2, 0.25) is 0 Å². The van der Waals surface area contributed by atoms with Gasteiger partial charge in [0.15, 0.2) is 0 Å². The van der Waals surface area contributed by atoms with E-state index in [1.807, 2.05) is 19.1 Å². The van der Waals surface area contributed by atoms with Crippen molar-refractivity contribution in [1.82, 2.24) is 14.8 Å². The van der Waals surface area contributed by atoms with E-state index in [4.69, 9.17) is 4.74 Å². The maximum Gasteiger partial charge on any atom is 0.295 e. The number of carbonyl (C=O) groups is 1. The van der Waals surface area contributed by atoms with Crippen LogP contribution in [0.3, 0.4) is 0 Å². The maximum atomic E-state index is 13.5. The summed E-state index contributed by atoms with van der Waals surface area (Å²) in [6.45, 7) is 2.01. The molecule has 1 saturated carbocycles. The lowest BCUT2D eigenvalue weighted by molar-refractivity contribution is -0.384. The Kier molecular flexibility index (Phi) is 5.18. The predicted molar refractivity (Wildman–Crippen MR) is 110 cm³/mol. The molecule has 3 aromatic rings. The zero-order valence-corrected chi connectivity index (χ0v) is 16.6. The van der Waals surface area contributed by atoms with Gasteiger partial charge in [-0.05, 0) is 62.1 Å². The molecule has 30 heavy (non-hydrogen) atoms. The number of nitro groups is 1. The van der Waals surface area contributed by atoms with Crippen LogP contribution in [0.4, 0.5) is 11.4 Å². The largest absolute Gasteiger partial charge is 0.497 e. The molecule has 1 aliphatic carbocycles. The number of anilines is 1. The molecule has 0 aliphatic heterocycles. The Morgan fingerprint density at radius 2 is 2.00 bits per heavy atom. The molecule has 1 unspecified atom stereocenters. The first-order valence-corrected chi connectivity index (χ1v) is 9.60. The topological polar surface area (TPSA) is 103 Å². The number of benzene rings is 2. The summed E-state index contributed by atoms with van der Waals surface area (Å²) in [5, 5.41) is 15.6. The number of nitrogens with zero attached hydrogens (tertiary/aromatic N) is 5. The van der Waals surface area contributed by atoms with Crippen LogP contribution in [-0.2, 0) is 0 Å². The highest BCUT2D eigenvalue weighted by molar-refractivity contribution is 6.07. The molecule has 0 N–H and O–H groups in total. The third kappa shape index (κ3) is 3.73. The van der Waals surface area contributed by atoms with Crippen molar-refractivity contribution in [3.63, 3.8) is 0 Å². The number of methoxy groups -OCH3 is 1. The van der Waals surface area contributed by atoms with E-state index in [1.165, 1.54) is 29.5 Å². The second kappa shape index (κ2) is 7.94. The minimum Gasteiger partial charge on any atom is -0.497 e. The van der Waals surface area contributed by atoms with Crippen molar-refractivity contribution in [1.29, 1.82) is 0 Å². The summed E-state index contributed by atoms with van der Waals surface area (Å²) in [7, 11) is 1.58. The molecule has 1 aromatic heterocycles. The van der Waals surface area contributed by atoms with Gasteiger partial charge in [0.2, 0.25) is 0 Å². The molecule has 0 bridgehead atoms. The van der Waals surface area contributed by atoms with Crippen molar-refractivity contribution < 1.29 is 14.5 Å². The van der Waals surface area contributed by atoms with E-state index in [0.29, 0.717) is 11.7 Å². The maximum absolute atomic E-state index is 13.5. The van der Waals surface area contributed by atoms with Gasteiger partial charge in [-0.25, -0.2) is 9.67 Å². The number of rotatable bonds is 7. The summed E-state index contributed by atoms with van der Waals surface area (Å²) in [4.78, 5) is 30.2. The van der Waals surface area contributed by atoms with Gasteiger partial charge in [0, 0.05) is 23.4 Å². The van der Waals surface area contributed by atoms with Crippen LogP contribution in [0.5, 0.6) is 5.75 Å². The molecule has 154 valence electrons. The lowest BCUT2D eigenvalue weighted by Crippen LogP contribution is -2.40. The second-order valence-corrected chi connectivity index (χ2v) is 7.25. The average molecular weight is 407 g/mol. The molecule has 4 rings (SSSR count). The van der Waals surface area contributed by atoms with Gasteiger partial charge in [0.25, 0.3) is 11.6 Å². The Labute approximate surface area is 173 Å². The molecule has 0 radical (unpaired) electrons. The van der Waals surface area contributed by atoms with Crippen molar-refractivity contribution in [3.8, 4) is 11.4 Å². The number of amides is 1. The minimum atomic E-state index is -0.518. The zero-order chi connectivity index (χ0) is 21.3. The highest BCUT2D eigenvalue weighted by Crippen LogP contribution is 2.38. The standard InChI is InChI=1S/C21H21N5O4/c1-14(15-3-4-15)25(17-6-8-18(30-2)9-7-17)21(27)16-5-10-19(20(11-16)26(28)29)24-13-22-12-23-24/h5-15H,3-4H2,1-2H3. The van der Waals surface area contributed by atoms with Gasteiger partial charge >= 0.3 is 0 Å². The fraction of sp³-hybridized carbons (Fsp3) is 0.286. The van der Waals surface area contributed by atoms with Gasteiger partial charge in [-0.3, -0.25) is 14.9 Å². The summed E-state index contributed by atoms with van der Waals surface area (Å²) in [6, 6.07) is 11.6. The molecule has 1 amide bonds. The van der Waals surface area contributed by atoms with Crippen LogP contribution in [0, 0.1) is 16.0 Å². The number of carbonyl (C=O) groups excluding carboxylic acids is 1. The van der Waals surface area contributed by atoms with Crippen LogP contribution >= 0.6 is 0 Å². The van der Waals surface area contributed by atoms with E-state index >= 15 is 0 Å². The highest BCUT2D eigenvalue weighted by Gasteiger charge is 2.36. The number of hydrogen-bond acceptors (Lipinski definition) is 6. The van der Waals surface area contributed by atoms with Crippen molar-refractivity contribution in [2.45, 2.75) is 25.8 Å². The smallest absolute Gasteiger partial charge is 0.295 e. The molecule has 1 aliphatic rings. The molecule has 1 fully saturated rings. The molecule has 1 heterocycles. The summed E-state index contributed by atoms with van der Waals surface area (Å²) in [6.07, 6.45) is 4.80. The first-order valence-electron chi connectivity index (χ1n) is 9.60. The van der Waals surface area contributed by atoms with Gasteiger partial charge < -0.3 is 9.64 Å². The first kappa shape index (κ1) is 19.6. The van der Waals surface area contributed by atoms with Crippen LogP contribution in [0.25, 0.3) is 5.69 Å². The molecule has 0 saturated heterocycles. The third-order valence-corrected chi connectivity index (χ3v) is 5.37. The molecular formula is C21H21N5O4. The number of hydrogen-bond donors (Lipinski definition) is 0. The predicted octanol–water partition coefficient (Wildman–Crippen LogP) is 3.63. The average Bonchev–Trinajstić information content (AvgIpc) is 3.48. The van der Waals surface area contributed by atoms with Crippen molar-refractivity contribution in [3.05, 3.63) is 70.8 Å². The van der Waals surface area contributed by atoms with Crippen molar-refractivity contribution in [2.75, 3.05) is 12.0 Å². The highest BCUT2D eigenvalue weighted by atomic mass is 16.6. The Hall–Kier alpha value is -3.75. The van der Waals surface area contributed by atoms with Gasteiger partial charge in [-0.15, -0.1) is 0 Å². The second-order valence-electron chi connectivity index (χ2n) is 7.25. The third-order valence-electron chi connectivity index (χ3n) is 5.37. The molecule has 9 nitrogen and oxygen atoms in total. The molecule has 2 aromatic carbocycles. The van der Waals surface area contributed by atoms with Gasteiger partial charge in [-0.1, -0.05) is 0 Å². The summed E-state index contributed by atoms with van der Waals surface area (Å²) >= 11 is 0. The van der Waals surface area contributed by atoms with E-state index in [-0.39, 0.29) is 28.9 Å². The van der Waals surface area contributed by atoms with Gasteiger partial charge in [0.05, 0.1) is 12.0 Å². The molecule has 9 heteroatoms. The lowest BCUT2D eigenvalue weighted by Gasteiger charge is -2.30. The zero-order valence-electron chi connectivity index (χ0n) is 16.6.